The van der Waals surface area contributed by atoms with Crippen LogP contribution in [0.4, 0.5) is 5.69 Å². The number of esters is 1. The van der Waals surface area contributed by atoms with Gasteiger partial charge in [0.1, 0.15) is 4.88 Å². The summed E-state index contributed by atoms with van der Waals surface area (Å²) in [6.07, 6.45) is 1.94. The van der Waals surface area contributed by atoms with E-state index in [4.69, 9.17) is 10.5 Å². The van der Waals surface area contributed by atoms with Crippen molar-refractivity contribution in [1.29, 1.82) is 0 Å². The van der Waals surface area contributed by atoms with E-state index in [9.17, 15) is 4.79 Å². The summed E-state index contributed by atoms with van der Waals surface area (Å²) in [7, 11) is 0. The standard InChI is InChI=1S/C8H10INO2S2/c1-3-12-7(11)6-4(9)5(10)8(13-2)14-6/h3,10H2,1-2H3. The minimum Gasteiger partial charge on any atom is -0.462 e. The Bertz CT molecular complexity index is 351. The molecule has 0 aromatic carbocycles. The predicted octanol–water partition coefficient (Wildman–Crippen LogP) is 2.83. The second kappa shape index (κ2) is 5.22. The SMILES string of the molecule is CCOC(=O)c1sc(SC)c(N)c1I. The Labute approximate surface area is 105 Å². The van der Waals surface area contributed by atoms with E-state index in [1.54, 1.807) is 18.7 Å². The lowest BCUT2D eigenvalue weighted by atomic mass is 10.4. The summed E-state index contributed by atoms with van der Waals surface area (Å²) in [6.45, 7) is 2.18. The Balaban J connectivity index is 3.04. The first kappa shape index (κ1) is 12.1. The number of hydrogen-bond donors (Lipinski definition) is 1. The Morgan fingerprint density at radius 3 is 2.79 bits per heavy atom. The maximum atomic E-state index is 11.5. The van der Waals surface area contributed by atoms with Crippen molar-refractivity contribution in [2.24, 2.45) is 0 Å². The molecule has 0 aliphatic heterocycles. The van der Waals surface area contributed by atoms with Crippen molar-refractivity contribution in [1.82, 2.24) is 0 Å². The third kappa shape index (κ3) is 2.34. The zero-order chi connectivity index (χ0) is 10.7. The first-order chi connectivity index (χ1) is 6.61. The number of halogens is 1. The third-order valence-electron chi connectivity index (χ3n) is 1.50. The first-order valence-corrected chi connectivity index (χ1v) is 7.02. The fraction of sp³-hybridized carbons (Fsp3) is 0.375. The number of ether oxygens (including phenoxy) is 1. The number of thioether (sulfide) groups is 1. The molecule has 1 aromatic rings. The monoisotopic (exact) mass is 343 g/mol. The molecule has 14 heavy (non-hydrogen) atoms. The number of rotatable bonds is 3. The summed E-state index contributed by atoms with van der Waals surface area (Å²) in [5.74, 6) is -0.283. The Kier molecular flexibility index (Phi) is 4.52. The molecule has 78 valence electrons. The Morgan fingerprint density at radius 2 is 2.36 bits per heavy atom. The van der Waals surface area contributed by atoms with E-state index in [1.165, 1.54) is 11.3 Å². The Morgan fingerprint density at radius 1 is 1.71 bits per heavy atom. The highest BCUT2D eigenvalue weighted by Gasteiger charge is 2.19. The highest BCUT2D eigenvalue weighted by molar-refractivity contribution is 14.1. The third-order valence-corrected chi connectivity index (χ3v) is 5.30. The van der Waals surface area contributed by atoms with Crippen LogP contribution in [-0.2, 0) is 4.74 Å². The number of carbonyl (C=O) groups is 1. The van der Waals surface area contributed by atoms with Crippen molar-refractivity contribution in [3.63, 3.8) is 0 Å². The maximum Gasteiger partial charge on any atom is 0.349 e. The smallest absolute Gasteiger partial charge is 0.349 e. The topological polar surface area (TPSA) is 52.3 Å². The maximum absolute atomic E-state index is 11.5. The Hall–Kier alpha value is 0.0500. The molecule has 6 heteroatoms. The van der Waals surface area contributed by atoms with Gasteiger partial charge in [0.05, 0.1) is 20.1 Å². The molecule has 3 nitrogen and oxygen atoms in total. The molecule has 0 aliphatic carbocycles. The van der Waals surface area contributed by atoms with Crippen molar-refractivity contribution in [2.75, 3.05) is 18.6 Å². The summed E-state index contributed by atoms with van der Waals surface area (Å²) in [5, 5.41) is 0. The van der Waals surface area contributed by atoms with E-state index in [0.717, 1.165) is 7.78 Å². The zero-order valence-corrected chi connectivity index (χ0v) is 11.6. The first-order valence-electron chi connectivity index (χ1n) is 3.90. The molecule has 0 saturated carbocycles. The van der Waals surface area contributed by atoms with Crippen LogP contribution in [0.15, 0.2) is 4.21 Å². The summed E-state index contributed by atoms with van der Waals surface area (Å²) in [6, 6.07) is 0. The van der Waals surface area contributed by atoms with Gasteiger partial charge in [0.25, 0.3) is 0 Å². The van der Waals surface area contributed by atoms with Crippen LogP contribution < -0.4 is 5.73 Å². The molecule has 0 aliphatic rings. The van der Waals surface area contributed by atoms with Crippen molar-refractivity contribution in [2.45, 2.75) is 11.1 Å². The van der Waals surface area contributed by atoms with E-state index in [0.29, 0.717) is 17.2 Å². The molecule has 0 amide bonds. The minimum absolute atomic E-state index is 0.283. The molecule has 0 fully saturated rings. The largest absolute Gasteiger partial charge is 0.462 e. The van der Waals surface area contributed by atoms with Crippen LogP contribution >= 0.6 is 45.7 Å². The van der Waals surface area contributed by atoms with Gasteiger partial charge in [-0.05, 0) is 35.8 Å². The molecule has 1 rings (SSSR count). The predicted molar refractivity (Wildman–Crippen MR) is 69.2 cm³/mol. The van der Waals surface area contributed by atoms with Gasteiger partial charge in [-0.3, -0.25) is 0 Å². The van der Waals surface area contributed by atoms with Gasteiger partial charge in [-0.25, -0.2) is 4.79 Å². The van der Waals surface area contributed by atoms with Gasteiger partial charge in [-0.15, -0.1) is 23.1 Å². The molecular formula is C8H10INO2S2. The number of nitrogen functional groups attached to an aromatic ring is 1. The minimum atomic E-state index is -0.283. The lowest BCUT2D eigenvalue weighted by molar-refractivity contribution is 0.0531. The summed E-state index contributed by atoms with van der Waals surface area (Å²) in [4.78, 5) is 12.1. The normalized spacial score (nSPS) is 10.2. The fourth-order valence-corrected chi connectivity index (χ4v) is 3.71. The van der Waals surface area contributed by atoms with E-state index in [-0.39, 0.29) is 5.97 Å². The van der Waals surface area contributed by atoms with E-state index in [2.05, 4.69) is 22.6 Å². The number of hydrogen-bond acceptors (Lipinski definition) is 5. The number of nitrogens with two attached hydrogens (primary N) is 1. The number of thiophene rings is 1. The highest BCUT2D eigenvalue weighted by atomic mass is 127. The van der Waals surface area contributed by atoms with Crippen LogP contribution in [0.2, 0.25) is 0 Å². The van der Waals surface area contributed by atoms with Crippen LogP contribution in [0.3, 0.4) is 0 Å². The van der Waals surface area contributed by atoms with Crippen molar-refractivity contribution in [3.8, 4) is 0 Å². The molecule has 2 N–H and O–H groups in total. The second-order valence-corrected chi connectivity index (χ2v) is 5.55. The van der Waals surface area contributed by atoms with Crippen LogP contribution in [0.1, 0.15) is 16.6 Å². The van der Waals surface area contributed by atoms with E-state index < -0.39 is 0 Å². The zero-order valence-electron chi connectivity index (χ0n) is 7.80. The fourth-order valence-electron chi connectivity index (χ4n) is 0.884. The second-order valence-electron chi connectivity index (χ2n) is 2.37. The van der Waals surface area contributed by atoms with E-state index in [1.807, 2.05) is 6.26 Å². The highest BCUT2D eigenvalue weighted by Crippen LogP contribution is 2.38. The average molecular weight is 343 g/mol. The van der Waals surface area contributed by atoms with Gasteiger partial charge in [-0.2, -0.15) is 0 Å². The quantitative estimate of drug-likeness (QED) is 0.521. The van der Waals surface area contributed by atoms with Gasteiger partial charge in [0, 0.05) is 0 Å². The van der Waals surface area contributed by atoms with Crippen molar-refractivity contribution < 1.29 is 9.53 Å². The average Bonchev–Trinajstić information content (AvgIpc) is 2.44. The number of carbonyl (C=O) groups excluding carboxylic acids is 1. The molecule has 0 saturated heterocycles. The molecule has 0 unspecified atom stereocenters. The van der Waals surface area contributed by atoms with Gasteiger partial charge in [0.2, 0.25) is 0 Å². The lowest BCUT2D eigenvalue weighted by Gasteiger charge is -1.98. The lowest BCUT2D eigenvalue weighted by Crippen LogP contribution is -2.04. The van der Waals surface area contributed by atoms with Crippen molar-refractivity contribution >= 4 is 57.3 Å². The van der Waals surface area contributed by atoms with Gasteiger partial charge >= 0.3 is 5.97 Å². The molecule has 0 spiro atoms. The molecule has 0 radical (unpaired) electrons. The molecular weight excluding hydrogens is 333 g/mol. The summed E-state index contributed by atoms with van der Waals surface area (Å²) >= 11 is 5.01. The van der Waals surface area contributed by atoms with Gasteiger partial charge in [0.15, 0.2) is 0 Å². The summed E-state index contributed by atoms with van der Waals surface area (Å²) < 4.78 is 6.69. The molecule has 0 atom stereocenters. The van der Waals surface area contributed by atoms with Crippen LogP contribution in [0.5, 0.6) is 0 Å². The van der Waals surface area contributed by atoms with Crippen molar-refractivity contribution in [3.05, 3.63) is 8.45 Å². The molecule has 0 bridgehead atoms. The van der Waals surface area contributed by atoms with Crippen LogP contribution in [0.25, 0.3) is 0 Å². The molecule has 1 heterocycles. The van der Waals surface area contributed by atoms with Gasteiger partial charge in [-0.1, -0.05) is 0 Å². The molecule has 1 aromatic heterocycles. The summed E-state index contributed by atoms with van der Waals surface area (Å²) in [5.41, 5.74) is 6.51. The number of anilines is 1. The van der Waals surface area contributed by atoms with Crippen LogP contribution in [0, 0.1) is 3.57 Å². The van der Waals surface area contributed by atoms with Crippen LogP contribution in [-0.4, -0.2) is 18.8 Å². The van der Waals surface area contributed by atoms with E-state index >= 15 is 0 Å². The van der Waals surface area contributed by atoms with Gasteiger partial charge < -0.3 is 10.5 Å².